The first-order valence-corrected chi connectivity index (χ1v) is 10.6. The molecule has 2 fully saturated rings. The van der Waals surface area contributed by atoms with E-state index >= 15 is 0 Å². The van der Waals surface area contributed by atoms with Gasteiger partial charge in [0.05, 0.1) is 19.8 Å². The van der Waals surface area contributed by atoms with Gasteiger partial charge in [-0.2, -0.15) is 0 Å². The Kier molecular flexibility index (Phi) is 9.73. The Hall–Kier alpha value is -0.980. The van der Waals surface area contributed by atoms with Crippen molar-refractivity contribution in [3.63, 3.8) is 0 Å². The first kappa shape index (κ1) is 22.3. The number of ketones is 1. The second-order valence-electron chi connectivity index (χ2n) is 8.27. The normalized spacial score (nSPS) is 24.9. The van der Waals surface area contributed by atoms with Gasteiger partial charge in [-0.25, -0.2) is 0 Å². The van der Waals surface area contributed by atoms with Crippen molar-refractivity contribution in [2.75, 3.05) is 46.6 Å². The molecule has 0 aromatic rings. The van der Waals surface area contributed by atoms with Crippen molar-refractivity contribution in [1.82, 2.24) is 10.2 Å². The lowest BCUT2D eigenvalue weighted by atomic mass is 9.79. The molecule has 1 saturated heterocycles. The molecule has 27 heavy (non-hydrogen) atoms. The molecule has 0 radical (unpaired) electrons. The number of nitrogens with one attached hydrogen (secondary N) is 1. The van der Waals surface area contributed by atoms with Gasteiger partial charge in [-0.15, -0.1) is 0 Å². The van der Waals surface area contributed by atoms with Crippen molar-refractivity contribution in [2.24, 2.45) is 17.8 Å². The Bertz CT molecular complexity index is 453. The smallest absolute Gasteiger partial charge is 0.223 e. The first-order valence-electron chi connectivity index (χ1n) is 10.6. The highest BCUT2D eigenvalue weighted by Crippen LogP contribution is 2.32. The number of hydrogen-bond acceptors (Lipinski definition) is 5. The molecule has 0 unspecified atom stereocenters. The third-order valence-electron chi connectivity index (χ3n) is 6.06. The van der Waals surface area contributed by atoms with E-state index in [1.807, 2.05) is 13.8 Å². The Balaban J connectivity index is 1.61. The molecule has 0 atom stereocenters. The molecule has 6 heteroatoms. The van der Waals surface area contributed by atoms with Crippen molar-refractivity contribution in [2.45, 2.75) is 58.4 Å². The number of carbonyl (C=O) groups excluding carboxylic acids is 2. The Morgan fingerprint density at radius 1 is 0.963 bits per heavy atom. The highest BCUT2D eigenvalue weighted by atomic mass is 16.5. The quantitative estimate of drug-likeness (QED) is 0.587. The van der Waals surface area contributed by atoms with Crippen molar-refractivity contribution < 1.29 is 19.1 Å². The predicted molar refractivity (Wildman–Crippen MR) is 106 cm³/mol. The van der Waals surface area contributed by atoms with Crippen LogP contribution in [0.25, 0.3) is 0 Å². The van der Waals surface area contributed by atoms with Crippen molar-refractivity contribution in [3.05, 3.63) is 0 Å². The van der Waals surface area contributed by atoms with Crippen molar-refractivity contribution >= 4 is 11.7 Å². The lowest BCUT2D eigenvalue weighted by Crippen LogP contribution is -2.46. The Morgan fingerprint density at radius 3 is 2.22 bits per heavy atom. The summed E-state index contributed by atoms with van der Waals surface area (Å²) in [6.45, 7) is 8.26. The minimum atomic E-state index is 0.124. The molecular weight excluding hydrogens is 344 g/mol. The summed E-state index contributed by atoms with van der Waals surface area (Å²) in [6.07, 6.45) is 6.18. The number of ether oxygens (including phenoxy) is 2. The summed E-state index contributed by atoms with van der Waals surface area (Å²) < 4.78 is 10.3. The van der Waals surface area contributed by atoms with E-state index in [0.717, 1.165) is 51.6 Å². The summed E-state index contributed by atoms with van der Waals surface area (Å²) in [4.78, 5) is 27.0. The minimum absolute atomic E-state index is 0.124. The summed E-state index contributed by atoms with van der Waals surface area (Å²) in [6, 6.07) is 0.597. The maximum atomic E-state index is 12.3. The molecule has 0 aromatic carbocycles. The molecule has 1 aliphatic heterocycles. The van der Waals surface area contributed by atoms with E-state index in [-0.39, 0.29) is 23.7 Å². The Morgan fingerprint density at radius 2 is 1.63 bits per heavy atom. The van der Waals surface area contributed by atoms with Gasteiger partial charge in [-0.05, 0) is 51.6 Å². The van der Waals surface area contributed by atoms with Crippen molar-refractivity contribution in [3.8, 4) is 0 Å². The maximum Gasteiger partial charge on any atom is 0.223 e. The van der Waals surface area contributed by atoms with E-state index in [2.05, 4.69) is 10.2 Å². The van der Waals surface area contributed by atoms with E-state index in [0.29, 0.717) is 38.2 Å². The Labute approximate surface area is 164 Å². The number of piperidine rings is 1. The molecule has 0 bridgehead atoms. The summed E-state index contributed by atoms with van der Waals surface area (Å²) >= 11 is 0. The molecule has 2 aliphatic rings. The topological polar surface area (TPSA) is 67.9 Å². The monoisotopic (exact) mass is 382 g/mol. The highest BCUT2D eigenvalue weighted by Gasteiger charge is 2.33. The molecule has 156 valence electrons. The lowest BCUT2D eigenvalue weighted by Gasteiger charge is -2.40. The second-order valence-corrected chi connectivity index (χ2v) is 8.27. The number of amides is 1. The number of Topliss-reactive ketones (excluding diaryl/α,β-unsaturated/α-hetero) is 1. The minimum Gasteiger partial charge on any atom is -0.382 e. The van der Waals surface area contributed by atoms with Gasteiger partial charge < -0.3 is 19.7 Å². The molecule has 1 amide bonds. The third-order valence-corrected chi connectivity index (χ3v) is 6.06. The van der Waals surface area contributed by atoms with E-state index in [1.165, 1.54) is 0 Å². The SMILES string of the molecule is COCCOCCNC(=O)C1CCN(C2CCC(C(=O)C(C)C)CC2)CC1. The fourth-order valence-corrected chi connectivity index (χ4v) is 4.36. The van der Waals surface area contributed by atoms with Crippen LogP contribution in [0.2, 0.25) is 0 Å². The van der Waals surface area contributed by atoms with Crippen LogP contribution in [-0.2, 0) is 19.1 Å². The average molecular weight is 383 g/mol. The second kappa shape index (κ2) is 11.8. The van der Waals surface area contributed by atoms with Crippen LogP contribution in [0.5, 0.6) is 0 Å². The number of nitrogens with zero attached hydrogens (tertiary/aromatic N) is 1. The van der Waals surface area contributed by atoms with Crippen LogP contribution in [0.1, 0.15) is 52.4 Å². The summed E-state index contributed by atoms with van der Waals surface area (Å²) in [5.74, 6) is 1.16. The van der Waals surface area contributed by atoms with Gasteiger partial charge in [0, 0.05) is 37.5 Å². The molecular formula is C21H38N2O4. The van der Waals surface area contributed by atoms with Gasteiger partial charge in [0.25, 0.3) is 0 Å². The predicted octanol–water partition coefficient (Wildman–Crippen LogP) is 2.26. The fraction of sp³-hybridized carbons (Fsp3) is 0.905. The number of hydrogen-bond donors (Lipinski definition) is 1. The van der Waals surface area contributed by atoms with Crippen LogP contribution in [0.3, 0.4) is 0 Å². The zero-order valence-corrected chi connectivity index (χ0v) is 17.4. The maximum absolute atomic E-state index is 12.3. The van der Waals surface area contributed by atoms with Gasteiger partial charge in [-0.1, -0.05) is 13.8 Å². The van der Waals surface area contributed by atoms with Gasteiger partial charge in [0.2, 0.25) is 5.91 Å². The molecule has 6 nitrogen and oxygen atoms in total. The fourth-order valence-electron chi connectivity index (χ4n) is 4.36. The van der Waals surface area contributed by atoms with Gasteiger partial charge in [0.15, 0.2) is 0 Å². The summed E-state index contributed by atoms with van der Waals surface area (Å²) in [5.41, 5.74) is 0. The molecule has 2 rings (SSSR count). The third kappa shape index (κ3) is 7.16. The van der Waals surface area contributed by atoms with Crippen LogP contribution in [0, 0.1) is 17.8 Å². The zero-order valence-electron chi connectivity index (χ0n) is 17.4. The van der Waals surface area contributed by atoms with Gasteiger partial charge in [0.1, 0.15) is 5.78 Å². The van der Waals surface area contributed by atoms with Gasteiger partial charge in [-0.3, -0.25) is 9.59 Å². The first-order chi connectivity index (χ1) is 13.0. The van der Waals surface area contributed by atoms with E-state index < -0.39 is 0 Å². The lowest BCUT2D eigenvalue weighted by molar-refractivity contribution is -0.128. The average Bonchev–Trinajstić information content (AvgIpc) is 2.70. The van der Waals surface area contributed by atoms with Crippen LogP contribution < -0.4 is 5.32 Å². The van der Waals surface area contributed by atoms with Crippen LogP contribution in [0.4, 0.5) is 0 Å². The van der Waals surface area contributed by atoms with E-state index in [1.54, 1.807) is 7.11 Å². The summed E-state index contributed by atoms with van der Waals surface area (Å²) in [5, 5.41) is 2.99. The molecule has 0 spiro atoms. The molecule has 1 N–H and O–H groups in total. The van der Waals surface area contributed by atoms with E-state index in [4.69, 9.17) is 9.47 Å². The number of rotatable bonds is 10. The number of methoxy groups -OCH3 is 1. The molecule has 1 aliphatic carbocycles. The number of likely N-dealkylation sites (tertiary alicyclic amines) is 1. The molecule has 0 aromatic heterocycles. The van der Waals surface area contributed by atoms with Gasteiger partial charge >= 0.3 is 0 Å². The van der Waals surface area contributed by atoms with E-state index in [9.17, 15) is 9.59 Å². The van der Waals surface area contributed by atoms with Crippen LogP contribution in [0.15, 0.2) is 0 Å². The zero-order chi connectivity index (χ0) is 19.6. The van der Waals surface area contributed by atoms with Crippen molar-refractivity contribution in [1.29, 1.82) is 0 Å². The van der Waals surface area contributed by atoms with Crippen LogP contribution >= 0.6 is 0 Å². The summed E-state index contributed by atoms with van der Waals surface area (Å²) in [7, 11) is 1.65. The highest BCUT2D eigenvalue weighted by molar-refractivity contribution is 5.82. The number of carbonyl (C=O) groups is 2. The molecule has 1 saturated carbocycles. The van der Waals surface area contributed by atoms with Crippen LogP contribution in [-0.4, -0.2) is 69.2 Å². The largest absolute Gasteiger partial charge is 0.382 e. The molecule has 1 heterocycles. The standard InChI is InChI=1S/C21H38N2O4/c1-16(2)20(24)17-4-6-19(7-5-17)23-11-8-18(9-12-23)21(25)22-10-13-27-15-14-26-3/h16-19H,4-15H2,1-3H3,(H,22,25).